The highest BCUT2D eigenvalue weighted by atomic mass is 16.5. The predicted molar refractivity (Wildman–Crippen MR) is 116 cm³/mol. The number of ketones is 1. The standard InChI is InChI=1S/C24H27NO6/c1-4-13-25-21(16-9-12-18(26)19(14-16)31-6-3)20(23(28)24(25)29)22(27)15-7-10-17(11-8-15)30-5-2/h7-12,14,21,26-27H,4-6,13H2,1-3H3/b22-20-. The van der Waals surface area contributed by atoms with Crippen LogP contribution < -0.4 is 9.47 Å². The van der Waals surface area contributed by atoms with Crippen molar-refractivity contribution in [2.75, 3.05) is 19.8 Å². The summed E-state index contributed by atoms with van der Waals surface area (Å²) in [4.78, 5) is 27.1. The normalized spacial score (nSPS) is 17.8. The summed E-state index contributed by atoms with van der Waals surface area (Å²) in [6, 6.07) is 10.6. The largest absolute Gasteiger partial charge is 0.507 e. The third-order valence-electron chi connectivity index (χ3n) is 5.04. The molecule has 1 aliphatic heterocycles. The van der Waals surface area contributed by atoms with Crippen molar-refractivity contribution in [3.8, 4) is 17.2 Å². The number of hydrogen-bond acceptors (Lipinski definition) is 6. The number of phenolic OH excluding ortho intramolecular Hbond substituents is 1. The molecule has 0 spiro atoms. The number of carbonyl (C=O) groups is 2. The smallest absolute Gasteiger partial charge is 0.295 e. The van der Waals surface area contributed by atoms with Gasteiger partial charge in [-0.2, -0.15) is 0 Å². The Labute approximate surface area is 181 Å². The third kappa shape index (κ3) is 4.35. The number of rotatable bonds is 8. The zero-order valence-electron chi connectivity index (χ0n) is 17.9. The second-order valence-electron chi connectivity index (χ2n) is 7.11. The summed E-state index contributed by atoms with van der Waals surface area (Å²) in [5.41, 5.74) is 0.990. The van der Waals surface area contributed by atoms with Crippen molar-refractivity contribution >= 4 is 17.4 Å². The first-order chi connectivity index (χ1) is 14.9. The Balaban J connectivity index is 2.14. The lowest BCUT2D eigenvalue weighted by molar-refractivity contribution is -0.139. The van der Waals surface area contributed by atoms with Crippen molar-refractivity contribution in [2.24, 2.45) is 0 Å². The topological polar surface area (TPSA) is 96.3 Å². The van der Waals surface area contributed by atoms with E-state index in [1.807, 2.05) is 13.8 Å². The minimum atomic E-state index is -0.786. The average Bonchev–Trinajstić information content (AvgIpc) is 3.01. The zero-order chi connectivity index (χ0) is 22.5. The monoisotopic (exact) mass is 425 g/mol. The van der Waals surface area contributed by atoms with Gasteiger partial charge in [-0.05, 0) is 62.2 Å². The van der Waals surface area contributed by atoms with Crippen LogP contribution in [0.25, 0.3) is 5.76 Å². The minimum Gasteiger partial charge on any atom is -0.507 e. The lowest BCUT2D eigenvalue weighted by atomic mass is 9.95. The Morgan fingerprint density at radius 2 is 1.68 bits per heavy atom. The Morgan fingerprint density at radius 3 is 2.29 bits per heavy atom. The first-order valence-corrected chi connectivity index (χ1v) is 10.4. The maximum Gasteiger partial charge on any atom is 0.295 e. The number of phenols is 1. The number of carbonyl (C=O) groups excluding carboxylic acids is 2. The zero-order valence-corrected chi connectivity index (χ0v) is 17.9. The van der Waals surface area contributed by atoms with Gasteiger partial charge in [-0.1, -0.05) is 13.0 Å². The number of hydrogen-bond donors (Lipinski definition) is 2. The highest BCUT2D eigenvalue weighted by Gasteiger charge is 2.45. The van der Waals surface area contributed by atoms with E-state index in [1.54, 1.807) is 43.3 Å². The van der Waals surface area contributed by atoms with Crippen LogP contribution in [0.3, 0.4) is 0 Å². The van der Waals surface area contributed by atoms with Gasteiger partial charge in [-0.25, -0.2) is 0 Å². The highest BCUT2D eigenvalue weighted by Crippen LogP contribution is 2.42. The summed E-state index contributed by atoms with van der Waals surface area (Å²) < 4.78 is 10.9. The molecule has 2 aromatic rings. The molecule has 7 heteroatoms. The third-order valence-corrected chi connectivity index (χ3v) is 5.04. The van der Waals surface area contributed by atoms with E-state index in [1.165, 1.54) is 11.0 Å². The fourth-order valence-electron chi connectivity index (χ4n) is 3.70. The summed E-state index contributed by atoms with van der Waals surface area (Å²) in [7, 11) is 0. The fourth-order valence-corrected chi connectivity index (χ4v) is 3.70. The van der Waals surface area contributed by atoms with Gasteiger partial charge in [0, 0.05) is 12.1 Å². The Morgan fingerprint density at radius 1 is 1.00 bits per heavy atom. The molecule has 1 atom stereocenters. The van der Waals surface area contributed by atoms with Gasteiger partial charge in [-0.15, -0.1) is 0 Å². The summed E-state index contributed by atoms with van der Waals surface area (Å²) >= 11 is 0. The van der Waals surface area contributed by atoms with Gasteiger partial charge in [0.25, 0.3) is 11.7 Å². The van der Waals surface area contributed by atoms with Crippen molar-refractivity contribution in [1.82, 2.24) is 4.90 Å². The van der Waals surface area contributed by atoms with E-state index in [9.17, 15) is 19.8 Å². The molecule has 1 heterocycles. The number of benzene rings is 2. The van der Waals surface area contributed by atoms with E-state index in [0.29, 0.717) is 43.1 Å². The second kappa shape index (κ2) is 9.55. The first-order valence-electron chi connectivity index (χ1n) is 10.4. The molecule has 0 bridgehead atoms. The van der Waals surface area contributed by atoms with Crippen LogP contribution in [0.2, 0.25) is 0 Å². The van der Waals surface area contributed by atoms with Crippen LogP contribution in [-0.2, 0) is 9.59 Å². The number of aromatic hydroxyl groups is 1. The maximum atomic E-state index is 12.9. The number of aliphatic hydroxyl groups excluding tert-OH is 1. The summed E-state index contributed by atoms with van der Waals surface area (Å²) in [5, 5.41) is 21.1. The van der Waals surface area contributed by atoms with Crippen LogP contribution in [-0.4, -0.2) is 46.6 Å². The van der Waals surface area contributed by atoms with Crippen LogP contribution in [0.15, 0.2) is 48.0 Å². The van der Waals surface area contributed by atoms with Crippen LogP contribution in [0.4, 0.5) is 0 Å². The average molecular weight is 425 g/mol. The van der Waals surface area contributed by atoms with Crippen LogP contribution in [0.1, 0.15) is 44.4 Å². The molecule has 164 valence electrons. The molecule has 1 aliphatic rings. The van der Waals surface area contributed by atoms with E-state index in [0.717, 1.165) is 0 Å². The van der Waals surface area contributed by atoms with Crippen LogP contribution >= 0.6 is 0 Å². The van der Waals surface area contributed by atoms with Gasteiger partial charge >= 0.3 is 0 Å². The van der Waals surface area contributed by atoms with Crippen molar-refractivity contribution in [1.29, 1.82) is 0 Å². The SMILES string of the molecule is CCCN1C(=O)C(=O)/C(=C(\O)c2ccc(OCC)cc2)C1c1ccc(O)c(OCC)c1. The molecule has 2 aromatic carbocycles. The second-order valence-corrected chi connectivity index (χ2v) is 7.11. The molecule has 0 radical (unpaired) electrons. The van der Waals surface area contributed by atoms with E-state index < -0.39 is 17.7 Å². The van der Waals surface area contributed by atoms with Crippen molar-refractivity contribution in [3.63, 3.8) is 0 Å². The molecule has 0 aliphatic carbocycles. The van der Waals surface area contributed by atoms with Gasteiger partial charge in [0.1, 0.15) is 11.5 Å². The number of ether oxygens (including phenoxy) is 2. The van der Waals surface area contributed by atoms with E-state index in [-0.39, 0.29) is 22.8 Å². The Hall–Kier alpha value is -3.48. The molecule has 1 unspecified atom stereocenters. The maximum absolute atomic E-state index is 12.9. The molecule has 31 heavy (non-hydrogen) atoms. The molecule has 1 fully saturated rings. The molecule has 0 aromatic heterocycles. The molecule has 7 nitrogen and oxygen atoms in total. The van der Waals surface area contributed by atoms with E-state index >= 15 is 0 Å². The predicted octanol–water partition coefficient (Wildman–Crippen LogP) is 4.02. The van der Waals surface area contributed by atoms with Gasteiger partial charge in [0.15, 0.2) is 11.5 Å². The number of likely N-dealkylation sites (tertiary alicyclic amines) is 1. The molecule has 0 saturated carbocycles. The number of Topliss-reactive ketones (excluding diaryl/α,β-unsaturated/α-hetero) is 1. The Bertz CT molecular complexity index is 996. The molecule has 1 amide bonds. The van der Waals surface area contributed by atoms with Crippen LogP contribution in [0.5, 0.6) is 17.2 Å². The summed E-state index contributed by atoms with van der Waals surface area (Å²) in [5.74, 6) is -0.799. The molecular weight excluding hydrogens is 398 g/mol. The van der Waals surface area contributed by atoms with Crippen LogP contribution in [0, 0.1) is 0 Å². The molecule has 1 saturated heterocycles. The Kier molecular flexibility index (Phi) is 6.84. The number of amides is 1. The van der Waals surface area contributed by atoms with Crippen molar-refractivity contribution in [3.05, 3.63) is 59.2 Å². The van der Waals surface area contributed by atoms with Gasteiger partial charge in [-0.3, -0.25) is 9.59 Å². The number of nitrogens with zero attached hydrogens (tertiary/aromatic N) is 1. The fraction of sp³-hybridized carbons (Fsp3) is 0.333. The lowest BCUT2D eigenvalue weighted by Crippen LogP contribution is -2.30. The minimum absolute atomic E-state index is 0.00995. The molecular formula is C24H27NO6. The van der Waals surface area contributed by atoms with Crippen molar-refractivity contribution in [2.45, 2.75) is 33.2 Å². The van der Waals surface area contributed by atoms with Gasteiger partial charge in [0.2, 0.25) is 0 Å². The first kappa shape index (κ1) is 22.2. The quantitative estimate of drug-likeness (QED) is 0.377. The summed E-state index contributed by atoms with van der Waals surface area (Å²) in [6.45, 7) is 6.78. The molecule has 3 rings (SSSR count). The van der Waals surface area contributed by atoms with Crippen molar-refractivity contribution < 1.29 is 29.3 Å². The lowest BCUT2D eigenvalue weighted by Gasteiger charge is -2.25. The van der Waals surface area contributed by atoms with Gasteiger partial charge in [0.05, 0.1) is 24.8 Å². The summed E-state index contributed by atoms with van der Waals surface area (Å²) in [6.07, 6.45) is 0.642. The van der Waals surface area contributed by atoms with Gasteiger partial charge < -0.3 is 24.6 Å². The van der Waals surface area contributed by atoms with E-state index in [2.05, 4.69) is 0 Å². The molecule has 2 N–H and O–H groups in total. The highest BCUT2D eigenvalue weighted by molar-refractivity contribution is 6.46. The van der Waals surface area contributed by atoms with E-state index in [4.69, 9.17) is 9.47 Å². The number of aliphatic hydroxyl groups is 1.